The summed E-state index contributed by atoms with van der Waals surface area (Å²) >= 11 is 3.41. The predicted octanol–water partition coefficient (Wildman–Crippen LogP) is 4.44. The van der Waals surface area contributed by atoms with Gasteiger partial charge in [-0.05, 0) is 36.8 Å². The van der Waals surface area contributed by atoms with E-state index < -0.39 is 0 Å². The number of nitriles is 1. The second-order valence-electron chi connectivity index (χ2n) is 4.53. The minimum absolute atomic E-state index is 0.575. The van der Waals surface area contributed by atoms with Gasteiger partial charge in [-0.2, -0.15) is 5.26 Å². The standard InChI is InChI=1S/C16H16BrN3O/c1-2-7-21-16-9-13(5-6-14(16)19)20-15-8-12(17)4-3-11(15)10-18/h3-6,8-9,20H,2,7,19H2,1H3. The Labute approximate surface area is 132 Å². The molecule has 0 amide bonds. The molecule has 5 heteroatoms. The first-order valence-electron chi connectivity index (χ1n) is 6.63. The molecule has 2 rings (SSSR count). The molecule has 0 heterocycles. The number of nitrogen functional groups attached to an aromatic ring is 1. The van der Waals surface area contributed by atoms with E-state index in [1.54, 1.807) is 12.1 Å². The minimum Gasteiger partial charge on any atom is -0.491 e. The summed E-state index contributed by atoms with van der Waals surface area (Å²) < 4.78 is 6.51. The molecule has 108 valence electrons. The van der Waals surface area contributed by atoms with E-state index in [1.807, 2.05) is 31.2 Å². The second kappa shape index (κ2) is 7.00. The normalized spacial score (nSPS) is 9.95. The number of hydrogen-bond acceptors (Lipinski definition) is 4. The lowest BCUT2D eigenvalue weighted by molar-refractivity contribution is 0.319. The fourth-order valence-electron chi connectivity index (χ4n) is 1.82. The fourth-order valence-corrected chi connectivity index (χ4v) is 2.18. The van der Waals surface area contributed by atoms with Crippen LogP contribution in [0.25, 0.3) is 0 Å². The summed E-state index contributed by atoms with van der Waals surface area (Å²) in [5.74, 6) is 0.648. The Morgan fingerprint density at radius 2 is 2.10 bits per heavy atom. The highest BCUT2D eigenvalue weighted by Gasteiger charge is 2.06. The molecule has 2 aromatic carbocycles. The molecule has 0 aromatic heterocycles. The summed E-state index contributed by atoms with van der Waals surface area (Å²) in [7, 11) is 0. The van der Waals surface area contributed by atoms with Gasteiger partial charge >= 0.3 is 0 Å². The number of nitrogens with two attached hydrogens (primary N) is 1. The van der Waals surface area contributed by atoms with Crippen LogP contribution < -0.4 is 15.8 Å². The van der Waals surface area contributed by atoms with Crippen LogP contribution in [0, 0.1) is 11.3 Å². The Balaban J connectivity index is 2.28. The number of halogens is 1. The van der Waals surface area contributed by atoms with Crippen LogP contribution in [0.5, 0.6) is 5.75 Å². The van der Waals surface area contributed by atoms with Gasteiger partial charge < -0.3 is 15.8 Å². The molecule has 0 saturated heterocycles. The van der Waals surface area contributed by atoms with Gasteiger partial charge in [-0.25, -0.2) is 0 Å². The lowest BCUT2D eigenvalue weighted by Crippen LogP contribution is -2.00. The minimum atomic E-state index is 0.575. The number of anilines is 3. The highest BCUT2D eigenvalue weighted by atomic mass is 79.9. The third kappa shape index (κ3) is 3.89. The second-order valence-corrected chi connectivity index (χ2v) is 5.44. The average molecular weight is 346 g/mol. The first-order chi connectivity index (χ1) is 10.1. The number of ether oxygens (including phenoxy) is 1. The number of nitrogens with one attached hydrogen (secondary N) is 1. The van der Waals surface area contributed by atoms with Crippen LogP contribution in [-0.2, 0) is 0 Å². The molecule has 3 N–H and O–H groups in total. The van der Waals surface area contributed by atoms with Gasteiger partial charge in [0.15, 0.2) is 0 Å². The molecule has 0 unspecified atom stereocenters. The Hall–Kier alpha value is -2.19. The van der Waals surface area contributed by atoms with Crippen molar-refractivity contribution >= 4 is 33.0 Å². The monoisotopic (exact) mass is 345 g/mol. The van der Waals surface area contributed by atoms with Crippen LogP contribution in [0.15, 0.2) is 40.9 Å². The lowest BCUT2D eigenvalue weighted by atomic mass is 10.2. The first-order valence-corrected chi connectivity index (χ1v) is 7.42. The van der Waals surface area contributed by atoms with Crippen molar-refractivity contribution in [3.05, 3.63) is 46.4 Å². The summed E-state index contributed by atoms with van der Waals surface area (Å²) in [5, 5.41) is 12.4. The average Bonchev–Trinajstić information content (AvgIpc) is 2.48. The van der Waals surface area contributed by atoms with Crippen molar-refractivity contribution in [3.63, 3.8) is 0 Å². The van der Waals surface area contributed by atoms with Crippen molar-refractivity contribution in [3.8, 4) is 11.8 Å². The molecule has 0 spiro atoms. The van der Waals surface area contributed by atoms with Crippen LogP contribution >= 0.6 is 15.9 Å². The van der Waals surface area contributed by atoms with Crippen LogP contribution in [0.4, 0.5) is 17.1 Å². The molecular formula is C16H16BrN3O. The summed E-state index contributed by atoms with van der Waals surface area (Å²) in [6, 6.07) is 13.1. The summed E-state index contributed by atoms with van der Waals surface area (Å²) in [4.78, 5) is 0. The smallest absolute Gasteiger partial charge is 0.144 e. The van der Waals surface area contributed by atoms with Gasteiger partial charge in [0, 0.05) is 16.2 Å². The molecule has 4 nitrogen and oxygen atoms in total. The van der Waals surface area contributed by atoms with Crippen molar-refractivity contribution in [2.75, 3.05) is 17.7 Å². The fraction of sp³-hybridized carbons (Fsp3) is 0.188. The Bertz CT molecular complexity index is 680. The van der Waals surface area contributed by atoms with Crippen LogP contribution in [0.2, 0.25) is 0 Å². The van der Waals surface area contributed by atoms with E-state index in [0.29, 0.717) is 23.6 Å². The van der Waals surface area contributed by atoms with E-state index in [4.69, 9.17) is 15.7 Å². The highest BCUT2D eigenvalue weighted by Crippen LogP contribution is 2.29. The van der Waals surface area contributed by atoms with E-state index >= 15 is 0 Å². The summed E-state index contributed by atoms with van der Waals surface area (Å²) in [6.07, 6.45) is 0.918. The van der Waals surface area contributed by atoms with E-state index in [1.165, 1.54) is 0 Å². The van der Waals surface area contributed by atoms with Gasteiger partial charge in [-0.3, -0.25) is 0 Å². The van der Waals surface area contributed by atoms with Gasteiger partial charge in [-0.1, -0.05) is 22.9 Å². The largest absolute Gasteiger partial charge is 0.491 e. The number of hydrogen-bond donors (Lipinski definition) is 2. The molecule has 0 atom stereocenters. The SMILES string of the molecule is CCCOc1cc(Nc2cc(Br)ccc2C#N)ccc1N. The molecule has 0 aliphatic carbocycles. The quantitative estimate of drug-likeness (QED) is 0.786. The number of rotatable bonds is 5. The van der Waals surface area contributed by atoms with E-state index in [-0.39, 0.29) is 0 Å². The highest BCUT2D eigenvalue weighted by molar-refractivity contribution is 9.10. The molecule has 21 heavy (non-hydrogen) atoms. The van der Waals surface area contributed by atoms with Crippen LogP contribution in [0.3, 0.4) is 0 Å². The van der Waals surface area contributed by atoms with Gasteiger partial charge in [0.2, 0.25) is 0 Å². The maximum Gasteiger partial charge on any atom is 0.144 e. The zero-order valence-electron chi connectivity index (χ0n) is 11.7. The molecule has 0 bridgehead atoms. The molecule has 0 aliphatic heterocycles. The van der Waals surface area contributed by atoms with Gasteiger partial charge in [0.05, 0.1) is 23.5 Å². The Morgan fingerprint density at radius 1 is 1.29 bits per heavy atom. The van der Waals surface area contributed by atoms with E-state index in [0.717, 1.165) is 22.3 Å². The predicted molar refractivity (Wildman–Crippen MR) is 88.8 cm³/mol. The topological polar surface area (TPSA) is 71.1 Å². The molecular weight excluding hydrogens is 330 g/mol. The van der Waals surface area contributed by atoms with Crippen LogP contribution in [-0.4, -0.2) is 6.61 Å². The van der Waals surface area contributed by atoms with E-state index in [9.17, 15) is 0 Å². The molecule has 0 saturated carbocycles. The van der Waals surface area contributed by atoms with E-state index in [2.05, 4.69) is 27.3 Å². The summed E-state index contributed by atoms with van der Waals surface area (Å²) in [6.45, 7) is 2.66. The third-order valence-electron chi connectivity index (χ3n) is 2.86. The van der Waals surface area contributed by atoms with Crippen molar-refractivity contribution in [1.82, 2.24) is 0 Å². The van der Waals surface area contributed by atoms with Crippen molar-refractivity contribution in [1.29, 1.82) is 5.26 Å². The molecule has 0 fully saturated rings. The van der Waals surface area contributed by atoms with Crippen molar-refractivity contribution < 1.29 is 4.74 Å². The van der Waals surface area contributed by atoms with Crippen molar-refractivity contribution in [2.24, 2.45) is 0 Å². The molecule has 0 radical (unpaired) electrons. The number of nitrogens with zero attached hydrogens (tertiary/aromatic N) is 1. The zero-order valence-corrected chi connectivity index (χ0v) is 13.3. The lowest BCUT2D eigenvalue weighted by Gasteiger charge is -2.12. The first kappa shape index (κ1) is 15.2. The van der Waals surface area contributed by atoms with Gasteiger partial charge in [0.25, 0.3) is 0 Å². The Morgan fingerprint density at radius 3 is 2.81 bits per heavy atom. The Kier molecular flexibility index (Phi) is 5.07. The van der Waals surface area contributed by atoms with Crippen LogP contribution in [0.1, 0.15) is 18.9 Å². The van der Waals surface area contributed by atoms with Gasteiger partial charge in [-0.15, -0.1) is 0 Å². The summed E-state index contributed by atoms with van der Waals surface area (Å²) in [5.41, 5.74) is 8.63. The number of benzene rings is 2. The van der Waals surface area contributed by atoms with Crippen molar-refractivity contribution in [2.45, 2.75) is 13.3 Å². The zero-order chi connectivity index (χ0) is 15.2. The molecule has 0 aliphatic rings. The third-order valence-corrected chi connectivity index (χ3v) is 3.35. The molecule has 2 aromatic rings. The van der Waals surface area contributed by atoms with Gasteiger partial charge in [0.1, 0.15) is 11.8 Å². The maximum absolute atomic E-state index is 9.15. The maximum atomic E-state index is 9.15.